The Morgan fingerprint density at radius 3 is 2.35 bits per heavy atom. The van der Waals surface area contributed by atoms with Crippen LogP contribution in [-0.4, -0.2) is 13.1 Å². The number of hydrogen-bond acceptors (Lipinski definition) is 1. The first kappa shape index (κ1) is 14.3. The van der Waals surface area contributed by atoms with E-state index in [1.165, 1.54) is 20.1 Å². The molecule has 104 valence electrons. The maximum Gasteiger partial charge on any atom is 0.0210 e. The predicted molar refractivity (Wildman–Crippen MR) is 91.1 cm³/mol. The van der Waals surface area contributed by atoms with Crippen molar-refractivity contribution >= 4 is 31.9 Å². The zero-order valence-corrected chi connectivity index (χ0v) is 14.3. The molecule has 0 radical (unpaired) electrons. The highest BCUT2D eigenvalue weighted by molar-refractivity contribution is 9.10. The van der Waals surface area contributed by atoms with E-state index < -0.39 is 0 Å². The number of rotatable bonds is 3. The molecule has 1 heterocycles. The minimum absolute atomic E-state index is 0.581. The van der Waals surface area contributed by atoms with Crippen molar-refractivity contribution in [1.82, 2.24) is 5.32 Å². The van der Waals surface area contributed by atoms with Crippen LogP contribution in [0.4, 0.5) is 0 Å². The molecule has 1 aliphatic heterocycles. The fourth-order valence-corrected chi connectivity index (χ4v) is 4.06. The van der Waals surface area contributed by atoms with Crippen LogP contribution in [0.2, 0.25) is 0 Å². The molecule has 0 unspecified atom stereocenters. The highest BCUT2D eigenvalue weighted by Crippen LogP contribution is 2.35. The highest BCUT2D eigenvalue weighted by atomic mass is 79.9. The standard InChI is InChI=1S/C17H17Br2N/c18-16-7-3-1-5-12(16)9-13-10-20-11-15(13)14-6-2-4-8-17(14)19/h1-8,13,15,20H,9-11H2/t13-,15-/m1/s1. The lowest BCUT2D eigenvalue weighted by molar-refractivity contribution is 0.514. The maximum atomic E-state index is 3.70. The van der Waals surface area contributed by atoms with Gasteiger partial charge in [0.15, 0.2) is 0 Å². The smallest absolute Gasteiger partial charge is 0.0210 e. The second-order valence-electron chi connectivity index (χ2n) is 5.34. The molecule has 20 heavy (non-hydrogen) atoms. The van der Waals surface area contributed by atoms with Gasteiger partial charge >= 0.3 is 0 Å². The Morgan fingerprint density at radius 1 is 0.900 bits per heavy atom. The van der Waals surface area contributed by atoms with Crippen molar-refractivity contribution in [3.05, 3.63) is 68.6 Å². The van der Waals surface area contributed by atoms with E-state index in [0.717, 1.165) is 19.5 Å². The summed E-state index contributed by atoms with van der Waals surface area (Å²) in [5, 5.41) is 3.55. The third-order valence-corrected chi connectivity index (χ3v) is 5.58. The Balaban J connectivity index is 1.83. The van der Waals surface area contributed by atoms with Gasteiger partial charge in [0, 0.05) is 21.4 Å². The molecule has 0 bridgehead atoms. The number of benzene rings is 2. The van der Waals surface area contributed by atoms with Crippen LogP contribution in [0.5, 0.6) is 0 Å². The van der Waals surface area contributed by atoms with Gasteiger partial charge in [0.25, 0.3) is 0 Å². The van der Waals surface area contributed by atoms with Gasteiger partial charge in [0.05, 0.1) is 0 Å². The van der Waals surface area contributed by atoms with E-state index in [4.69, 9.17) is 0 Å². The van der Waals surface area contributed by atoms with E-state index in [-0.39, 0.29) is 0 Å². The van der Waals surface area contributed by atoms with Crippen molar-refractivity contribution in [3.63, 3.8) is 0 Å². The summed E-state index contributed by atoms with van der Waals surface area (Å²) in [5.74, 6) is 1.23. The molecular weight excluding hydrogens is 378 g/mol. The fourth-order valence-electron chi connectivity index (χ4n) is 3.03. The van der Waals surface area contributed by atoms with E-state index >= 15 is 0 Å². The van der Waals surface area contributed by atoms with Crippen LogP contribution in [0.25, 0.3) is 0 Å². The van der Waals surface area contributed by atoms with Crippen molar-refractivity contribution in [2.24, 2.45) is 5.92 Å². The van der Waals surface area contributed by atoms with Crippen LogP contribution in [0.15, 0.2) is 57.5 Å². The van der Waals surface area contributed by atoms with E-state index in [2.05, 4.69) is 85.7 Å². The molecule has 0 aromatic heterocycles. The molecule has 3 rings (SSSR count). The molecule has 1 fully saturated rings. The monoisotopic (exact) mass is 393 g/mol. The molecule has 2 aromatic carbocycles. The lowest BCUT2D eigenvalue weighted by Crippen LogP contribution is -2.14. The van der Waals surface area contributed by atoms with E-state index in [0.29, 0.717) is 11.8 Å². The zero-order valence-electron chi connectivity index (χ0n) is 11.2. The molecule has 1 nitrogen and oxygen atoms in total. The summed E-state index contributed by atoms with van der Waals surface area (Å²) in [6.45, 7) is 2.16. The third-order valence-electron chi connectivity index (χ3n) is 4.08. The SMILES string of the molecule is Brc1ccccc1C[C@@H]1CNC[C@H]1c1ccccc1Br. The molecule has 0 spiro atoms. The van der Waals surface area contributed by atoms with Crippen molar-refractivity contribution in [2.45, 2.75) is 12.3 Å². The van der Waals surface area contributed by atoms with Crippen molar-refractivity contribution in [1.29, 1.82) is 0 Å². The molecule has 2 aromatic rings. The van der Waals surface area contributed by atoms with Crippen molar-refractivity contribution in [3.8, 4) is 0 Å². The average Bonchev–Trinajstić information content (AvgIpc) is 2.90. The Morgan fingerprint density at radius 2 is 1.60 bits per heavy atom. The van der Waals surface area contributed by atoms with Crippen molar-refractivity contribution in [2.75, 3.05) is 13.1 Å². The predicted octanol–water partition coefficient (Wildman–Crippen LogP) is 4.76. The minimum atomic E-state index is 0.581. The molecule has 0 amide bonds. The van der Waals surface area contributed by atoms with E-state index in [1.54, 1.807) is 0 Å². The molecule has 2 atom stereocenters. The van der Waals surface area contributed by atoms with Crippen LogP contribution in [0.1, 0.15) is 17.0 Å². The largest absolute Gasteiger partial charge is 0.316 e. The van der Waals surface area contributed by atoms with Gasteiger partial charge in [-0.3, -0.25) is 0 Å². The third kappa shape index (κ3) is 3.00. The van der Waals surface area contributed by atoms with Gasteiger partial charge in [-0.15, -0.1) is 0 Å². The zero-order chi connectivity index (χ0) is 13.9. The molecule has 1 aliphatic rings. The normalized spacial score (nSPS) is 22.1. The molecular formula is C17H17Br2N. The average molecular weight is 395 g/mol. The summed E-state index contributed by atoms with van der Waals surface area (Å²) in [6, 6.07) is 17.1. The van der Waals surface area contributed by atoms with Gasteiger partial charge in [-0.2, -0.15) is 0 Å². The molecule has 1 saturated heterocycles. The summed E-state index contributed by atoms with van der Waals surface area (Å²) >= 11 is 7.36. The first-order valence-electron chi connectivity index (χ1n) is 6.94. The number of halogens is 2. The topological polar surface area (TPSA) is 12.0 Å². The summed E-state index contributed by atoms with van der Waals surface area (Å²) in [4.78, 5) is 0. The Hall–Kier alpha value is -0.640. The summed E-state index contributed by atoms with van der Waals surface area (Å²) in [6.07, 6.45) is 1.11. The fraction of sp³-hybridized carbons (Fsp3) is 0.294. The summed E-state index contributed by atoms with van der Waals surface area (Å²) in [7, 11) is 0. The van der Waals surface area contributed by atoms with Crippen LogP contribution in [-0.2, 0) is 6.42 Å². The van der Waals surface area contributed by atoms with Crippen LogP contribution >= 0.6 is 31.9 Å². The van der Waals surface area contributed by atoms with Gasteiger partial charge in [0.1, 0.15) is 0 Å². The molecule has 3 heteroatoms. The quantitative estimate of drug-likeness (QED) is 0.791. The van der Waals surface area contributed by atoms with Crippen molar-refractivity contribution < 1.29 is 0 Å². The number of hydrogen-bond donors (Lipinski definition) is 1. The Kier molecular flexibility index (Phi) is 4.59. The second kappa shape index (κ2) is 6.42. The van der Waals surface area contributed by atoms with Crippen LogP contribution in [0.3, 0.4) is 0 Å². The Bertz CT molecular complexity index is 597. The lowest BCUT2D eigenvalue weighted by atomic mass is 9.85. The van der Waals surface area contributed by atoms with E-state index in [9.17, 15) is 0 Å². The molecule has 0 aliphatic carbocycles. The van der Waals surface area contributed by atoms with Crippen LogP contribution < -0.4 is 5.32 Å². The molecule has 0 saturated carbocycles. The maximum absolute atomic E-state index is 3.70. The Labute approximate surface area is 137 Å². The van der Waals surface area contributed by atoms with Gasteiger partial charge < -0.3 is 5.32 Å². The van der Waals surface area contributed by atoms with Gasteiger partial charge in [-0.1, -0.05) is 68.3 Å². The van der Waals surface area contributed by atoms with Gasteiger partial charge in [-0.05, 0) is 42.1 Å². The number of nitrogens with one attached hydrogen (secondary N) is 1. The first-order valence-corrected chi connectivity index (χ1v) is 8.53. The van der Waals surface area contributed by atoms with Gasteiger partial charge in [-0.25, -0.2) is 0 Å². The summed E-state index contributed by atoms with van der Waals surface area (Å²) in [5.41, 5.74) is 2.83. The first-order chi connectivity index (χ1) is 9.75. The second-order valence-corrected chi connectivity index (χ2v) is 7.05. The highest BCUT2D eigenvalue weighted by Gasteiger charge is 2.29. The van der Waals surface area contributed by atoms with Gasteiger partial charge in [0.2, 0.25) is 0 Å². The molecule has 1 N–H and O–H groups in total. The van der Waals surface area contributed by atoms with E-state index in [1.807, 2.05) is 0 Å². The lowest BCUT2D eigenvalue weighted by Gasteiger charge is -2.20. The van der Waals surface area contributed by atoms with Crippen LogP contribution in [0, 0.1) is 5.92 Å². The summed E-state index contributed by atoms with van der Waals surface area (Å²) < 4.78 is 2.45. The minimum Gasteiger partial charge on any atom is -0.316 e.